The highest BCUT2D eigenvalue weighted by molar-refractivity contribution is 6.35. The summed E-state index contributed by atoms with van der Waals surface area (Å²) in [6.07, 6.45) is 5.06. The van der Waals surface area contributed by atoms with Crippen LogP contribution < -0.4 is 11.5 Å². The molecule has 3 heterocycles. The third-order valence-electron chi connectivity index (χ3n) is 6.02. The molecule has 37 heavy (non-hydrogen) atoms. The van der Waals surface area contributed by atoms with Crippen molar-refractivity contribution >= 4 is 51.5 Å². The maximum atomic E-state index is 15.2. The van der Waals surface area contributed by atoms with Crippen LogP contribution in [0.3, 0.4) is 0 Å². The number of halogens is 3. The fraction of sp³-hybridized carbons (Fsp3) is 0.115. The topological polar surface area (TPSA) is 132 Å². The summed E-state index contributed by atoms with van der Waals surface area (Å²) in [5, 5.41) is 7.91. The third-order valence-corrected chi connectivity index (χ3v) is 6.33. The zero-order valence-electron chi connectivity index (χ0n) is 19.6. The van der Waals surface area contributed by atoms with Crippen molar-refractivity contribution in [3.8, 4) is 16.8 Å². The first-order valence-corrected chi connectivity index (χ1v) is 11.7. The second-order valence-corrected chi connectivity index (χ2v) is 8.70. The third kappa shape index (κ3) is 4.05. The van der Waals surface area contributed by atoms with Gasteiger partial charge in [0, 0.05) is 29.9 Å². The van der Waals surface area contributed by atoms with Gasteiger partial charge >= 0.3 is 0 Å². The molecule has 186 valence electrons. The number of aliphatic imine (C=N–C) groups is 1. The number of amidine groups is 1. The van der Waals surface area contributed by atoms with Crippen LogP contribution in [0.2, 0.25) is 5.02 Å². The number of hydrogen-bond donors (Lipinski definition) is 3. The number of nitrogens with zero attached hydrogens (tertiary/aromatic N) is 5. The van der Waals surface area contributed by atoms with Crippen molar-refractivity contribution in [2.45, 2.75) is 19.8 Å². The number of nitrogens with one attached hydrogen (secondary N) is 1. The van der Waals surface area contributed by atoms with E-state index in [1.807, 2.05) is 6.92 Å². The smallest absolute Gasteiger partial charge is 0.173 e. The van der Waals surface area contributed by atoms with E-state index in [9.17, 15) is 0 Å². The summed E-state index contributed by atoms with van der Waals surface area (Å²) in [6.45, 7) is 2.00. The molecule has 11 heteroatoms. The Kier molecular flexibility index (Phi) is 6.26. The second-order valence-electron chi connectivity index (χ2n) is 8.29. The zero-order valence-corrected chi connectivity index (χ0v) is 20.4. The van der Waals surface area contributed by atoms with E-state index in [0.29, 0.717) is 50.6 Å². The van der Waals surface area contributed by atoms with E-state index >= 15 is 8.78 Å². The van der Waals surface area contributed by atoms with Crippen LogP contribution in [-0.2, 0) is 6.42 Å². The molecule has 0 aliphatic rings. The summed E-state index contributed by atoms with van der Waals surface area (Å²) in [4.78, 5) is 16.8. The maximum Gasteiger partial charge on any atom is 0.173 e. The average Bonchev–Trinajstić information content (AvgIpc) is 3.25. The molecular formula is C26H21ClF2N8. The Morgan fingerprint density at radius 1 is 1.14 bits per heavy atom. The lowest BCUT2D eigenvalue weighted by molar-refractivity contribution is 0.631. The zero-order chi connectivity index (χ0) is 26.3. The van der Waals surface area contributed by atoms with E-state index in [4.69, 9.17) is 33.5 Å². The molecule has 5 aromatic rings. The van der Waals surface area contributed by atoms with Gasteiger partial charge in [0.05, 0.1) is 27.1 Å². The van der Waals surface area contributed by atoms with Crippen molar-refractivity contribution in [2.24, 2.45) is 10.7 Å². The van der Waals surface area contributed by atoms with Gasteiger partial charge in [0.25, 0.3) is 0 Å². The van der Waals surface area contributed by atoms with E-state index in [-0.39, 0.29) is 22.6 Å². The van der Waals surface area contributed by atoms with E-state index in [1.54, 1.807) is 29.0 Å². The first-order chi connectivity index (χ1) is 17.8. The maximum absolute atomic E-state index is 15.2. The number of pyridine rings is 2. The highest BCUT2D eigenvalue weighted by atomic mass is 35.5. The van der Waals surface area contributed by atoms with Crippen molar-refractivity contribution in [1.29, 1.82) is 5.41 Å². The Labute approximate surface area is 215 Å². The Bertz CT molecular complexity index is 1730. The number of rotatable bonds is 6. The lowest BCUT2D eigenvalue weighted by Gasteiger charge is -2.14. The normalized spacial score (nSPS) is 11.9. The standard InChI is InChI=1S/C26H21ClF2N8/c1-2-3-20-36-23-15(25(31)35-12-30)10-13(14-6-8-34-26(32)22(14)29)11-19(23)37(20)18-7-9-33-24-16(27)4-5-17(28)21(18)24/h4-12H,2-3H2,1H3,(H2,32,34)(H3,30,31,35). The highest BCUT2D eigenvalue weighted by Crippen LogP contribution is 2.36. The van der Waals surface area contributed by atoms with Gasteiger partial charge in [0.1, 0.15) is 29.3 Å². The van der Waals surface area contributed by atoms with Crippen molar-refractivity contribution < 1.29 is 8.78 Å². The van der Waals surface area contributed by atoms with Crippen LogP contribution >= 0.6 is 11.6 Å². The van der Waals surface area contributed by atoms with E-state index in [1.165, 1.54) is 24.4 Å². The summed E-state index contributed by atoms with van der Waals surface area (Å²) in [5.41, 5.74) is 14.7. The van der Waals surface area contributed by atoms with Gasteiger partial charge in [-0.3, -0.25) is 15.0 Å². The quantitative estimate of drug-likeness (QED) is 0.204. The molecular weight excluding hydrogens is 498 g/mol. The molecule has 0 bridgehead atoms. The number of benzene rings is 2. The molecule has 0 amide bonds. The minimum absolute atomic E-state index is 0.0193. The van der Waals surface area contributed by atoms with Gasteiger partial charge in [-0.15, -0.1) is 0 Å². The van der Waals surface area contributed by atoms with E-state index < -0.39 is 11.6 Å². The molecule has 3 aromatic heterocycles. The molecule has 5 N–H and O–H groups in total. The summed E-state index contributed by atoms with van der Waals surface area (Å²) >= 11 is 6.35. The van der Waals surface area contributed by atoms with Crippen LogP contribution in [0.15, 0.2) is 53.8 Å². The number of nitrogen functional groups attached to an aromatic ring is 1. The Hall–Kier alpha value is -4.44. The van der Waals surface area contributed by atoms with Gasteiger partial charge < -0.3 is 11.5 Å². The van der Waals surface area contributed by atoms with Crippen molar-refractivity contribution in [3.63, 3.8) is 0 Å². The molecule has 0 saturated carbocycles. The predicted octanol–water partition coefficient (Wildman–Crippen LogP) is 5.41. The fourth-order valence-corrected chi connectivity index (χ4v) is 4.63. The summed E-state index contributed by atoms with van der Waals surface area (Å²) < 4.78 is 32.1. The molecule has 0 aliphatic carbocycles. The monoisotopic (exact) mass is 518 g/mol. The average molecular weight is 519 g/mol. The molecule has 5 rings (SSSR count). The summed E-state index contributed by atoms with van der Waals surface area (Å²) in [7, 11) is 0. The molecule has 0 atom stereocenters. The number of anilines is 1. The van der Waals surface area contributed by atoms with Crippen LogP contribution in [-0.4, -0.2) is 31.7 Å². The molecule has 0 aliphatic heterocycles. The number of imidazole rings is 1. The Morgan fingerprint density at radius 2 is 1.92 bits per heavy atom. The number of aryl methyl sites for hydroxylation is 1. The van der Waals surface area contributed by atoms with Gasteiger partial charge in [0.15, 0.2) is 11.6 Å². The minimum atomic E-state index is -0.692. The van der Waals surface area contributed by atoms with Crippen LogP contribution in [0, 0.1) is 17.0 Å². The van der Waals surface area contributed by atoms with E-state index in [2.05, 4.69) is 15.0 Å². The Balaban J connectivity index is 1.95. The van der Waals surface area contributed by atoms with Gasteiger partial charge in [-0.25, -0.2) is 23.7 Å². The molecule has 2 aromatic carbocycles. The second kappa shape index (κ2) is 9.55. The lowest BCUT2D eigenvalue weighted by atomic mass is 10.0. The van der Waals surface area contributed by atoms with Crippen LogP contribution in [0.5, 0.6) is 0 Å². The number of fused-ring (bicyclic) bond motifs is 2. The van der Waals surface area contributed by atoms with Gasteiger partial charge in [-0.05, 0) is 48.4 Å². The lowest BCUT2D eigenvalue weighted by Crippen LogP contribution is -2.14. The predicted molar refractivity (Wildman–Crippen MR) is 142 cm³/mol. The largest absolute Gasteiger partial charge is 0.383 e. The molecule has 0 radical (unpaired) electrons. The molecule has 0 unspecified atom stereocenters. The van der Waals surface area contributed by atoms with Gasteiger partial charge in [0.2, 0.25) is 0 Å². The summed E-state index contributed by atoms with van der Waals surface area (Å²) in [5.74, 6) is -0.799. The SMILES string of the molecule is CCCc1nc2c(C(N)=NC=N)cc(-c3ccnc(N)c3F)cc2n1-c1ccnc2c(Cl)ccc(F)c12. The molecule has 0 fully saturated rings. The first-order valence-electron chi connectivity index (χ1n) is 11.4. The van der Waals surface area contributed by atoms with Crippen molar-refractivity contribution in [1.82, 2.24) is 19.5 Å². The molecule has 0 saturated heterocycles. The van der Waals surface area contributed by atoms with Crippen LogP contribution in [0.4, 0.5) is 14.6 Å². The van der Waals surface area contributed by atoms with Gasteiger partial charge in [-0.2, -0.15) is 0 Å². The number of nitrogens with two attached hydrogens (primary N) is 2. The van der Waals surface area contributed by atoms with Crippen LogP contribution in [0.25, 0.3) is 38.8 Å². The van der Waals surface area contributed by atoms with Gasteiger partial charge in [-0.1, -0.05) is 18.5 Å². The Morgan fingerprint density at radius 3 is 2.68 bits per heavy atom. The highest BCUT2D eigenvalue weighted by Gasteiger charge is 2.22. The molecule has 8 nitrogen and oxygen atoms in total. The molecule has 0 spiro atoms. The number of aromatic nitrogens is 4. The minimum Gasteiger partial charge on any atom is -0.383 e. The number of hydrogen-bond acceptors (Lipinski definition) is 5. The van der Waals surface area contributed by atoms with Crippen molar-refractivity contribution in [3.05, 3.63) is 76.8 Å². The summed E-state index contributed by atoms with van der Waals surface area (Å²) in [6, 6.07) is 9.28. The fourth-order valence-electron chi connectivity index (χ4n) is 4.42. The van der Waals surface area contributed by atoms with Crippen LogP contribution in [0.1, 0.15) is 24.7 Å². The first kappa shape index (κ1) is 24.3. The van der Waals surface area contributed by atoms with E-state index in [0.717, 1.165) is 12.8 Å². The van der Waals surface area contributed by atoms with Crippen molar-refractivity contribution in [2.75, 3.05) is 5.73 Å².